The van der Waals surface area contributed by atoms with Crippen LogP contribution in [0.1, 0.15) is 6.92 Å². The molecule has 1 aliphatic heterocycles. The molecule has 66 valence electrons. The Bertz CT molecular complexity index is 227. The van der Waals surface area contributed by atoms with E-state index in [0.717, 1.165) is 6.54 Å². The number of rotatable bonds is 2. The predicted molar refractivity (Wildman–Crippen MR) is 47.8 cm³/mol. The molecule has 0 bridgehead atoms. The summed E-state index contributed by atoms with van der Waals surface area (Å²) in [5, 5.41) is 0. The molecule has 3 heteroatoms. The highest BCUT2D eigenvalue weighted by Crippen LogP contribution is 2.04. The van der Waals surface area contributed by atoms with Crippen LogP contribution < -0.4 is 5.73 Å². The lowest BCUT2D eigenvalue weighted by atomic mass is 10.3. The molecule has 2 N–H and O–H groups in total. The van der Waals surface area contributed by atoms with E-state index in [-0.39, 0.29) is 12.0 Å². The number of hydrogen-bond acceptors (Lipinski definition) is 2. The van der Waals surface area contributed by atoms with Crippen molar-refractivity contribution in [1.29, 1.82) is 0 Å². The maximum absolute atomic E-state index is 12.4. The minimum atomic E-state index is -0.365. The van der Waals surface area contributed by atoms with Crippen molar-refractivity contribution in [3.05, 3.63) is 36.3 Å². The average molecular weight is 168 g/mol. The smallest absolute Gasteiger partial charge is 0.0987 e. The summed E-state index contributed by atoms with van der Waals surface area (Å²) in [7, 11) is 0. The zero-order valence-electron chi connectivity index (χ0n) is 7.07. The van der Waals surface area contributed by atoms with Gasteiger partial charge in [0.15, 0.2) is 0 Å². The molecule has 0 aromatic carbocycles. The fraction of sp³-hybridized carbons (Fsp3) is 0.333. The molecule has 1 atom stereocenters. The van der Waals surface area contributed by atoms with E-state index in [4.69, 9.17) is 5.73 Å². The minimum absolute atomic E-state index is 0.245. The fourth-order valence-corrected chi connectivity index (χ4v) is 1.03. The number of halogens is 1. The van der Waals surface area contributed by atoms with Gasteiger partial charge >= 0.3 is 0 Å². The molecule has 0 radical (unpaired) electrons. The molecule has 1 heterocycles. The normalized spacial score (nSPS) is 19.9. The molecule has 1 aliphatic rings. The number of nitrogens with zero attached hydrogens (tertiary/aromatic N) is 1. The molecule has 1 unspecified atom stereocenters. The van der Waals surface area contributed by atoms with Crippen LogP contribution in [0.25, 0.3) is 0 Å². The van der Waals surface area contributed by atoms with E-state index in [2.05, 4.69) is 0 Å². The molecule has 0 fully saturated rings. The molecule has 0 saturated heterocycles. The van der Waals surface area contributed by atoms with Crippen LogP contribution in [0.4, 0.5) is 4.39 Å². The van der Waals surface area contributed by atoms with Gasteiger partial charge in [-0.2, -0.15) is 0 Å². The van der Waals surface area contributed by atoms with Gasteiger partial charge in [0.1, 0.15) is 0 Å². The molecule has 0 aromatic rings. The number of nitrogens with two attached hydrogens (primary N) is 1. The highest BCUT2D eigenvalue weighted by Gasteiger charge is 2.07. The van der Waals surface area contributed by atoms with Crippen molar-refractivity contribution >= 4 is 0 Å². The second-order valence-electron chi connectivity index (χ2n) is 2.71. The zero-order chi connectivity index (χ0) is 8.97. The first-order chi connectivity index (χ1) is 5.70. The van der Waals surface area contributed by atoms with Gasteiger partial charge in [0, 0.05) is 12.7 Å². The third-order valence-electron chi connectivity index (χ3n) is 1.62. The average Bonchev–Trinajstić information content (AvgIpc) is 2.05. The summed E-state index contributed by atoms with van der Waals surface area (Å²) in [5.41, 5.74) is 5.67. The van der Waals surface area contributed by atoms with Crippen molar-refractivity contribution in [2.75, 3.05) is 6.54 Å². The van der Waals surface area contributed by atoms with Gasteiger partial charge in [-0.3, -0.25) is 0 Å². The van der Waals surface area contributed by atoms with Crippen molar-refractivity contribution < 1.29 is 4.39 Å². The van der Waals surface area contributed by atoms with Gasteiger partial charge in [-0.25, -0.2) is 4.39 Å². The Balaban J connectivity index is 2.53. The van der Waals surface area contributed by atoms with Crippen LogP contribution in [0, 0.1) is 0 Å². The Morgan fingerprint density at radius 2 is 2.42 bits per heavy atom. The molecule has 0 aliphatic carbocycles. The van der Waals surface area contributed by atoms with E-state index >= 15 is 0 Å². The second-order valence-corrected chi connectivity index (χ2v) is 2.71. The van der Waals surface area contributed by atoms with Gasteiger partial charge in [0.2, 0.25) is 0 Å². The van der Waals surface area contributed by atoms with Crippen molar-refractivity contribution in [2.45, 2.75) is 13.1 Å². The number of allylic oxidation sites excluding steroid dienone is 3. The first-order valence-electron chi connectivity index (χ1n) is 3.89. The van der Waals surface area contributed by atoms with Crippen molar-refractivity contribution in [2.24, 2.45) is 5.73 Å². The van der Waals surface area contributed by atoms with Crippen molar-refractivity contribution in [3.63, 3.8) is 0 Å². The van der Waals surface area contributed by atoms with Gasteiger partial charge in [0.25, 0.3) is 0 Å². The van der Waals surface area contributed by atoms with Crippen molar-refractivity contribution in [3.8, 4) is 0 Å². The Morgan fingerprint density at radius 1 is 1.67 bits per heavy atom. The van der Waals surface area contributed by atoms with E-state index < -0.39 is 0 Å². The zero-order valence-corrected chi connectivity index (χ0v) is 7.07. The van der Waals surface area contributed by atoms with E-state index in [9.17, 15) is 4.39 Å². The van der Waals surface area contributed by atoms with Gasteiger partial charge in [0.05, 0.1) is 12.0 Å². The lowest BCUT2D eigenvalue weighted by Crippen LogP contribution is -2.37. The monoisotopic (exact) mass is 168 g/mol. The first kappa shape index (κ1) is 9.00. The number of hydrogen-bond donors (Lipinski definition) is 1. The van der Waals surface area contributed by atoms with Crippen LogP contribution in [0.15, 0.2) is 36.3 Å². The van der Waals surface area contributed by atoms with Crippen LogP contribution in [-0.4, -0.2) is 17.6 Å². The highest BCUT2D eigenvalue weighted by atomic mass is 19.1. The first-order valence-corrected chi connectivity index (χ1v) is 3.89. The van der Waals surface area contributed by atoms with Crippen LogP contribution in [0.3, 0.4) is 0 Å². The largest absolute Gasteiger partial charge is 0.355 e. The Hall–Kier alpha value is -1.09. The van der Waals surface area contributed by atoms with Gasteiger partial charge < -0.3 is 10.6 Å². The predicted octanol–water partition coefficient (Wildman–Crippen LogP) is 1.53. The SMILES string of the molecule is CC(F)=CC(N)N1C=CC=CC1. The maximum atomic E-state index is 12.4. The van der Waals surface area contributed by atoms with Crippen LogP contribution in [-0.2, 0) is 0 Å². The Labute approximate surface area is 71.8 Å². The van der Waals surface area contributed by atoms with Crippen LogP contribution in [0.2, 0.25) is 0 Å². The van der Waals surface area contributed by atoms with Gasteiger partial charge in [-0.1, -0.05) is 12.2 Å². The quantitative estimate of drug-likeness (QED) is 0.677. The molecule has 0 saturated carbocycles. The summed E-state index contributed by atoms with van der Waals surface area (Å²) in [6, 6.07) is 0. The Kier molecular flexibility index (Phi) is 3.05. The second kappa shape index (κ2) is 4.07. The lowest BCUT2D eigenvalue weighted by molar-refractivity contribution is 0.350. The standard InChI is InChI=1S/C9H13FN2/c1-8(10)7-9(11)12-5-3-2-4-6-12/h2-5,7,9H,6,11H2,1H3. The van der Waals surface area contributed by atoms with Crippen LogP contribution >= 0.6 is 0 Å². The van der Waals surface area contributed by atoms with Gasteiger partial charge in [-0.15, -0.1) is 0 Å². The van der Waals surface area contributed by atoms with E-state index in [1.165, 1.54) is 13.0 Å². The molecule has 0 amide bonds. The molecule has 12 heavy (non-hydrogen) atoms. The van der Waals surface area contributed by atoms with E-state index in [0.29, 0.717) is 0 Å². The summed E-state index contributed by atoms with van der Waals surface area (Å²) < 4.78 is 12.4. The molecule has 2 nitrogen and oxygen atoms in total. The molecule has 0 spiro atoms. The highest BCUT2D eigenvalue weighted by molar-refractivity contribution is 5.11. The molecular formula is C9H13FN2. The lowest BCUT2D eigenvalue weighted by Gasteiger charge is -2.25. The fourth-order valence-electron chi connectivity index (χ4n) is 1.03. The van der Waals surface area contributed by atoms with E-state index in [1.54, 1.807) is 0 Å². The summed E-state index contributed by atoms with van der Waals surface area (Å²) in [6.45, 7) is 2.13. The summed E-state index contributed by atoms with van der Waals surface area (Å²) in [5.74, 6) is -0.245. The van der Waals surface area contributed by atoms with E-state index in [1.807, 2.05) is 29.3 Å². The van der Waals surface area contributed by atoms with Crippen molar-refractivity contribution in [1.82, 2.24) is 4.90 Å². The minimum Gasteiger partial charge on any atom is -0.355 e. The molecule has 1 rings (SSSR count). The summed E-state index contributed by atoms with van der Waals surface area (Å²) in [6.07, 6.45) is 8.67. The summed E-state index contributed by atoms with van der Waals surface area (Å²) >= 11 is 0. The third-order valence-corrected chi connectivity index (χ3v) is 1.62. The maximum Gasteiger partial charge on any atom is 0.0987 e. The third kappa shape index (κ3) is 2.51. The molecule has 0 aromatic heterocycles. The van der Waals surface area contributed by atoms with Gasteiger partial charge in [-0.05, 0) is 19.1 Å². The Morgan fingerprint density at radius 3 is 2.92 bits per heavy atom. The molecular weight excluding hydrogens is 155 g/mol. The van der Waals surface area contributed by atoms with Crippen LogP contribution in [0.5, 0.6) is 0 Å². The summed E-state index contributed by atoms with van der Waals surface area (Å²) in [4.78, 5) is 1.85. The topological polar surface area (TPSA) is 29.3 Å².